The summed E-state index contributed by atoms with van der Waals surface area (Å²) in [5.74, 6) is -1.26. The molecule has 1 aromatic heterocycles. The maximum Gasteiger partial charge on any atom is 0.321 e. The Morgan fingerprint density at radius 3 is 2.52 bits per heavy atom. The number of hydrogen-bond acceptors (Lipinski definition) is 6. The predicted octanol–water partition coefficient (Wildman–Crippen LogP) is 0.928. The minimum Gasteiger partial charge on any atom is -0.455 e. The normalized spacial score (nSPS) is 11.0. The minimum atomic E-state index is -3.73. The van der Waals surface area contributed by atoms with Crippen molar-refractivity contribution in [2.45, 2.75) is 10.6 Å². The van der Waals surface area contributed by atoms with Gasteiger partial charge in [0.15, 0.2) is 6.61 Å². The highest BCUT2D eigenvalue weighted by molar-refractivity contribution is 7.91. The average Bonchev–Trinajstić information content (AvgIpc) is 3.15. The van der Waals surface area contributed by atoms with Crippen LogP contribution in [-0.4, -0.2) is 40.0 Å². The van der Waals surface area contributed by atoms with E-state index in [-0.39, 0.29) is 4.21 Å². The summed E-state index contributed by atoms with van der Waals surface area (Å²) in [6, 6.07) is 12.7. The number of ether oxygens (including phenoxy) is 1. The Hall–Kier alpha value is -2.23. The van der Waals surface area contributed by atoms with E-state index < -0.39 is 35.1 Å². The fourth-order valence-corrected chi connectivity index (χ4v) is 3.89. The summed E-state index contributed by atoms with van der Waals surface area (Å²) in [7, 11) is -3.73. The number of rotatable bonds is 9. The summed E-state index contributed by atoms with van der Waals surface area (Å²) in [4.78, 5) is 23.1. The second-order valence-electron chi connectivity index (χ2n) is 5.00. The minimum absolute atomic E-state index is 0.110. The van der Waals surface area contributed by atoms with Crippen LogP contribution in [0.1, 0.15) is 5.56 Å². The Kier molecular flexibility index (Phi) is 7.11. The molecular formula is C16H18N2O5S2. The highest BCUT2D eigenvalue weighted by Gasteiger charge is 2.17. The third kappa shape index (κ3) is 6.65. The Bertz CT molecular complexity index is 789. The quantitative estimate of drug-likeness (QED) is 0.628. The van der Waals surface area contributed by atoms with Crippen molar-refractivity contribution in [1.82, 2.24) is 10.0 Å². The molecule has 0 radical (unpaired) electrons. The van der Waals surface area contributed by atoms with Crippen molar-refractivity contribution in [3.8, 4) is 0 Å². The topological polar surface area (TPSA) is 102 Å². The maximum absolute atomic E-state index is 11.8. The molecule has 0 atom stereocenters. The second kappa shape index (κ2) is 9.30. The van der Waals surface area contributed by atoms with E-state index in [1.54, 1.807) is 11.4 Å². The highest BCUT2D eigenvalue weighted by atomic mass is 32.2. The maximum atomic E-state index is 11.8. The monoisotopic (exact) mass is 382 g/mol. The van der Waals surface area contributed by atoms with Gasteiger partial charge in [0.2, 0.25) is 0 Å². The van der Waals surface area contributed by atoms with Crippen LogP contribution in [0.2, 0.25) is 0 Å². The molecule has 1 aromatic carbocycles. The molecule has 1 heterocycles. The van der Waals surface area contributed by atoms with E-state index in [1.165, 1.54) is 6.07 Å². The van der Waals surface area contributed by atoms with Crippen molar-refractivity contribution < 1.29 is 22.7 Å². The number of esters is 1. The lowest BCUT2D eigenvalue weighted by Gasteiger charge is -2.07. The van der Waals surface area contributed by atoms with Crippen molar-refractivity contribution in [3.63, 3.8) is 0 Å². The van der Waals surface area contributed by atoms with E-state index in [9.17, 15) is 18.0 Å². The number of nitrogens with one attached hydrogen (secondary N) is 2. The molecule has 25 heavy (non-hydrogen) atoms. The molecule has 0 aliphatic rings. The number of thiophene rings is 1. The third-order valence-electron chi connectivity index (χ3n) is 3.11. The number of hydrogen-bond donors (Lipinski definition) is 2. The first kappa shape index (κ1) is 19.1. The Morgan fingerprint density at radius 1 is 1.08 bits per heavy atom. The number of amides is 1. The van der Waals surface area contributed by atoms with Crippen molar-refractivity contribution in [3.05, 3.63) is 53.4 Å². The van der Waals surface area contributed by atoms with Gasteiger partial charge in [-0.05, 0) is 23.4 Å². The lowest BCUT2D eigenvalue weighted by atomic mass is 10.1. The van der Waals surface area contributed by atoms with Gasteiger partial charge in [0, 0.05) is 6.54 Å². The van der Waals surface area contributed by atoms with Crippen LogP contribution in [0, 0.1) is 0 Å². The lowest BCUT2D eigenvalue weighted by molar-refractivity contribution is -0.147. The summed E-state index contributed by atoms with van der Waals surface area (Å²) in [5, 5.41) is 4.25. The van der Waals surface area contributed by atoms with Crippen LogP contribution in [0.25, 0.3) is 0 Å². The lowest BCUT2D eigenvalue weighted by Crippen LogP contribution is -2.34. The molecule has 0 aliphatic heterocycles. The van der Waals surface area contributed by atoms with E-state index in [0.29, 0.717) is 13.0 Å². The molecule has 0 aliphatic carbocycles. The van der Waals surface area contributed by atoms with E-state index in [2.05, 4.69) is 10.0 Å². The van der Waals surface area contributed by atoms with Crippen LogP contribution in [0.15, 0.2) is 52.1 Å². The summed E-state index contributed by atoms with van der Waals surface area (Å²) in [5.41, 5.74) is 1.09. The molecule has 0 saturated heterocycles. The Morgan fingerprint density at radius 2 is 1.84 bits per heavy atom. The summed E-state index contributed by atoms with van der Waals surface area (Å²) < 4.78 is 30.6. The van der Waals surface area contributed by atoms with Crippen molar-refractivity contribution >= 4 is 33.2 Å². The SMILES string of the molecule is O=C(COC(=O)CNS(=O)(=O)c1cccs1)NCCc1ccccc1. The van der Waals surface area contributed by atoms with E-state index in [1.807, 2.05) is 30.3 Å². The zero-order valence-electron chi connectivity index (χ0n) is 13.3. The molecule has 0 fully saturated rings. The molecule has 1 amide bonds. The Balaban J connectivity index is 1.63. The molecule has 9 heteroatoms. The summed E-state index contributed by atoms with van der Waals surface area (Å²) >= 11 is 1.04. The molecule has 134 valence electrons. The fourth-order valence-electron chi connectivity index (χ4n) is 1.88. The van der Waals surface area contributed by atoms with Crippen LogP contribution in [0.5, 0.6) is 0 Å². The standard InChI is InChI=1S/C16H18N2O5S2/c19-14(17-9-8-13-5-2-1-3-6-13)12-23-15(20)11-18-25(21,22)16-7-4-10-24-16/h1-7,10,18H,8-9,11-12H2,(H,17,19). The van der Waals surface area contributed by atoms with Crippen LogP contribution < -0.4 is 10.0 Å². The van der Waals surface area contributed by atoms with E-state index >= 15 is 0 Å². The molecule has 7 nitrogen and oxygen atoms in total. The number of benzene rings is 1. The first-order valence-electron chi connectivity index (χ1n) is 7.47. The second-order valence-corrected chi connectivity index (χ2v) is 7.94. The number of carbonyl (C=O) groups is 2. The molecule has 0 bridgehead atoms. The summed E-state index contributed by atoms with van der Waals surface area (Å²) in [6.07, 6.45) is 0.668. The van der Waals surface area contributed by atoms with Crippen LogP contribution in [0.4, 0.5) is 0 Å². The van der Waals surface area contributed by atoms with Gasteiger partial charge < -0.3 is 10.1 Å². The van der Waals surface area contributed by atoms with E-state index in [0.717, 1.165) is 16.9 Å². The van der Waals surface area contributed by atoms with Gasteiger partial charge in [-0.25, -0.2) is 8.42 Å². The fraction of sp³-hybridized carbons (Fsp3) is 0.250. The number of sulfonamides is 1. The van der Waals surface area contributed by atoms with Gasteiger partial charge in [-0.3, -0.25) is 9.59 Å². The molecule has 2 rings (SSSR count). The molecular weight excluding hydrogens is 364 g/mol. The van der Waals surface area contributed by atoms with Crippen molar-refractivity contribution in [2.24, 2.45) is 0 Å². The zero-order valence-corrected chi connectivity index (χ0v) is 14.9. The third-order valence-corrected chi connectivity index (χ3v) is 5.91. The molecule has 2 aromatic rings. The van der Waals surface area contributed by atoms with Crippen LogP contribution in [0.3, 0.4) is 0 Å². The molecule has 0 spiro atoms. The summed E-state index contributed by atoms with van der Waals surface area (Å²) in [6.45, 7) is -0.558. The van der Waals surface area contributed by atoms with Crippen LogP contribution in [-0.2, 0) is 30.8 Å². The van der Waals surface area contributed by atoms with E-state index in [4.69, 9.17) is 4.74 Å². The Labute approximate surface area is 150 Å². The molecule has 0 unspecified atom stereocenters. The van der Waals surface area contributed by atoms with Gasteiger partial charge in [-0.1, -0.05) is 36.4 Å². The largest absolute Gasteiger partial charge is 0.455 e. The van der Waals surface area contributed by atoms with Gasteiger partial charge >= 0.3 is 5.97 Å². The van der Waals surface area contributed by atoms with Crippen molar-refractivity contribution in [1.29, 1.82) is 0 Å². The van der Waals surface area contributed by atoms with Gasteiger partial charge in [0.1, 0.15) is 10.8 Å². The van der Waals surface area contributed by atoms with Crippen LogP contribution >= 0.6 is 11.3 Å². The van der Waals surface area contributed by atoms with Gasteiger partial charge in [-0.15, -0.1) is 11.3 Å². The zero-order chi connectivity index (χ0) is 18.1. The first-order valence-corrected chi connectivity index (χ1v) is 9.83. The van der Waals surface area contributed by atoms with Gasteiger partial charge in [-0.2, -0.15) is 4.72 Å². The smallest absolute Gasteiger partial charge is 0.321 e. The van der Waals surface area contributed by atoms with Gasteiger partial charge in [0.05, 0.1) is 0 Å². The highest BCUT2D eigenvalue weighted by Crippen LogP contribution is 2.14. The van der Waals surface area contributed by atoms with Gasteiger partial charge in [0.25, 0.3) is 15.9 Å². The first-order chi connectivity index (χ1) is 12.0. The predicted molar refractivity (Wildman–Crippen MR) is 93.6 cm³/mol. The number of carbonyl (C=O) groups excluding carboxylic acids is 2. The molecule has 0 saturated carbocycles. The van der Waals surface area contributed by atoms with Crippen molar-refractivity contribution in [2.75, 3.05) is 19.7 Å². The molecule has 2 N–H and O–H groups in total. The average molecular weight is 382 g/mol.